The normalized spacial score (nSPS) is 21.1. The summed E-state index contributed by atoms with van der Waals surface area (Å²) in [5.41, 5.74) is -0.194. The zero-order chi connectivity index (χ0) is 19.7. The molecule has 9 heteroatoms. The van der Waals surface area contributed by atoms with Gasteiger partial charge in [-0.2, -0.15) is 4.31 Å². The van der Waals surface area contributed by atoms with Crippen LogP contribution in [0.3, 0.4) is 0 Å². The molecule has 5 nitrogen and oxygen atoms in total. The largest absolute Gasteiger partial charge is 0.352 e. The van der Waals surface area contributed by atoms with E-state index in [1.807, 2.05) is 0 Å². The summed E-state index contributed by atoms with van der Waals surface area (Å²) >= 11 is 6.87. The van der Waals surface area contributed by atoms with Gasteiger partial charge in [0.2, 0.25) is 5.91 Å². The molecule has 1 amide bonds. The molecule has 0 spiro atoms. The molecule has 1 atom stereocenters. The van der Waals surface area contributed by atoms with Crippen molar-refractivity contribution in [1.29, 1.82) is 0 Å². The Labute approximate surface area is 167 Å². The summed E-state index contributed by atoms with van der Waals surface area (Å²) in [7, 11) is -3.68. The predicted molar refractivity (Wildman–Crippen MR) is 104 cm³/mol. The Morgan fingerprint density at radius 1 is 1.37 bits per heavy atom. The SMILES string of the molecule is C[C@@]1(C(=O)NCc2cccc(F)c2)CCCN(S(=O)(=O)c2ccc(Cl)s2)C1. The molecule has 3 rings (SSSR count). The number of hydrogen-bond acceptors (Lipinski definition) is 4. The molecular formula is C18H20ClFN2O3S2. The molecule has 0 aliphatic carbocycles. The molecule has 0 saturated carbocycles. The Balaban J connectivity index is 1.70. The van der Waals surface area contributed by atoms with Crippen molar-refractivity contribution in [2.75, 3.05) is 13.1 Å². The molecule has 1 aromatic carbocycles. The number of halogens is 2. The monoisotopic (exact) mass is 430 g/mol. The molecule has 1 saturated heterocycles. The zero-order valence-electron chi connectivity index (χ0n) is 14.7. The van der Waals surface area contributed by atoms with Gasteiger partial charge < -0.3 is 5.32 Å². The van der Waals surface area contributed by atoms with Crippen molar-refractivity contribution < 1.29 is 17.6 Å². The predicted octanol–water partition coefficient (Wildman–Crippen LogP) is 3.65. The van der Waals surface area contributed by atoms with Crippen molar-refractivity contribution in [2.45, 2.75) is 30.5 Å². The number of carbonyl (C=O) groups is 1. The summed E-state index contributed by atoms with van der Waals surface area (Å²) in [5, 5.41) is 2.81. The Morgan fingerprint density at radius 2 is 2.15 bits per heavy atom. The van der Waals surface area contributed by atoms with Crippen molar-refractivity contribution >= 4 is 38.9 Å². The maximum atomic E-state index is 13.3. The average Bonchev–Trinajstić information content (AvgIpc) is 3.07. The van der Waals surface area contributed by atoms with Crippen LogP contribution in [0, 0.1) is 11.2 Å². The molecule has 1 aliphatic rings. The second kappa shape index (κ2) is 7.87. The van der Waals surface area contributed by atoms with Crippen LogP contribution >= 0.6 is 22.9 Å². The summed E-state index contributed by atoms with van der Waals surface area (Å²) in [6, 6.07) is 9.05. The molecule has 1 fully saturated rings. The lowest BCUT2D eigenvalue weighted by atomic mass is 9.82. The lowest BCUT2D eigenvalue weighted by molar-refractivity contribution is -0.132. The first kappa shape index (κ1) is 20.3. The molecular weight excluding hydrogens is 411 g/mol. The van der Waals surface area contributed by atoms with Gasteiger partial charge in [-0.25, -0.2) is 12.8 Å². The first-order valence-corrected chi connectivity index (χ1v) is 11.1. The van der Waals surface area contributed by atoms with Crippen LogP contribution in [0.1, 0.15) is 25.3 Å². The topological polar surface area (TPSA) is 66.5 Å². The summed E-state index contributed by atoms with van der Waals surface area (Å²) in [4.78, 5) is 12.7. The molecule has 146 valence electrons. The Bertz CT molecular complexity index is 948. The van der Waals surface area contributed by atoms with Crippen LogP contribution in [0.25, 0.3) is 0 Å². The van der Waals surface area contributed by atoms with Crippen LogP contribution in [-0.2, 0) is 21.4 Å². The van der Waals surface area contributed by atoms with Crippen LogP contribution in [-0.4, -0.2) is 31.7 Å². The van der Waals surface area contributed by atoms with E-state index in [0.717, 1.165) is 11.3 Å². The molecule has 0 unspecified atom stereocenters. The van der Waals surface area contributed by atoms with Crippen LogP contribution in [0.15, 0.2) is 40.6 Å². The third kappa shape index (κ3) is 4.51. The summed E-state index contributed by atoms with van der Waals surface area (Å²) in [6.45, 7) is 2.42. The molecule has 27 heavy (non-hydrogen) atoms. The number of hydrogen-bond donors (Lipinski definition) is 1. The standard InChI is InChI=1S/C18H20ClFN2O3S2/c1-18(17(23)21-11-13-4-2-5-14(20)10-13)8-3-9-22(12-18)27(24,25)16-7-6-15(19)26-16/h2,4-7,10H,3,8-9,11-12H2,1H3,(H,21,23)/t18-/m1/s1. The number of thiophene rings is 1. The van der Waals surface area contributed by atoms with E-state index < -0.39 is 15.4 Å². The number of carbonyl (C=O) groups excluding carboxylic acids is 1. The molecule has 2 aromatic rings. The lowest BCUT2D eigenvalue weighted by Gasteiger charge is -2.38. The summed E-state index contributed by atoms with van der Waals surface area (Å²) in [6.07, 6.45) is 1.17. The Kier molecular flexibility index (Phi) is 5.90. The van der Waals surface area contributed by atoms with E-state index in [1.54, 1.807) is 25.1 Å². The minimum atomic E-state index is -3.68. The number of piperidine rings is 1. The van der Waals surface area contributed by atoms with Crippen molar-refractivity contribution in [3.8, 4) is 0 Å². The fraction of sp³-hybridized carbons (Fsp3) is 0.389. The maximum absolute atomic E-state index is 13.3. The van der Waals surface area contributed by atoms with Crippen LogP contribution in [0.4, 0.5) is 4.39 Å². The van der Waals surface area contributed by atoms with Gasteiger partial charge in [0.05, 0.1) is 9.75 Å². The number of sulfonamides is 1. The number of amides is 1. The first-order valence-electron chi connectivity index (χ1n) is 8.49. The van der Waals surface area contributed by atoms with Crippen molar-refractivity contribution in [2.24, 2.45) is 5.41 Å². The minimum absolute atomic E-state index is 0.0971. The second-order valence-electron chi connectivity index (χ2n) is 6.87. The summed E-state index contributed by atoms with van der Waals surface area (Å²) in [5.74, 6) is -0.603. The third-order valence-electron chi connectivity index (χ3n) is 4.69. The minimum Gasteiger partial charge on any atom is -0.352 e. The fourth-order valence-electron chi connectivity index (χ4n) is 3.19. The van der Waals surface area contributed by atoms with Crippen molar-refractivity contribution in [3.63, 3.8) is 0 Å². The molecule has 1 N–H and O–H groups in total. The highest BCUT2D eigenvalue weighted by Crippen LogP contribution is 2.35. The van der Waals surface area contributed by atoms with Crippen LogP contribution < -0.4 is 5.32 Å². The fourth-order valence-corrected chi connectivity index (χ4v) is 6.43. The van der Waals surface area contributed by atoms with Gasteiger partial charge >= 0.3 is 0 Å². The van der Waals surface area contributed by atoms with E-state index in [9.17, 15) is 17.6 Å². The van der Waals surface area contributed by atoms with E-state index in [0.29, 0.717) is 29.3 Å². The molecule has 1 aliphatic heterocycles. The second-order valence-corrected chi connectivity index (χ2v) is 10.8. The summed E-state index contributed by atoms with van der Waals surface area (Å²) < 4.78 is 40.9. The lowest BCUT2D eigenvalue weighted by Crippen LogP contribution is -2.51. The number of benzene rings is 1. The van der Waals surface area contributed by atoms with Crippen LogP contribution in [0.5, 0.6) is 0 Å². The van der Waals surface area contributed by atoms with E-state index in [4.69, 9.17) is 11.6 Å². The van der Waals surface area contributed by atoms with Gasteiger partial charge in [-0.15, -0.1) is 11.3 Å². The van der Waals surface area contributed by atoms with Gasteiger partial charge in [0.1, 0.15) is 10.0 Å². The molecule has 2 heterocycles. The van der Waals surface area contributed by atoms with E-state index in [-0.39, 0.29) is 29.0 Å². The quantitative estimate of drug-likeness (QED) is 0.787. The number of rotatable bonds is 5. The maximum Gasteiger partial charge on any atom is 0.252 e. The van der Waals surface area contributed by atoms with Crippen LogP contribution in [0.2, 0.25) is 4.34 Å². The van der Waals surface area contributed by atoms with Gasteiger partial charge in [0, 0.05) is 19.6 Å². The number of nitrogens with one attached hydrogen (secondary N) is 1. The Hall–Kier alpha value is -1.48. The van der Waals surface area contributed by atoms with Gasteiger partial charge in [-0.05, 0) is 49.6 Å². The highest BCUT2D eigenvalue weighted by Gasteiger charge is 2.42. The molecule has 1 aromatic heterocycles. The zero-order valence-corrected chi connectivity index (χ0v) is 17.1. The van der Waals surface area contributed by atoms with E-state index >= 15 is 0 Å². The van der Waals surface area contributed by atoms with Crippen molar-refractivity contribution in [1.82, 2.24) is 9.62 Å². The number of nitrogens with zero attached hydrogens (tertiary/aromatic N) is 1. The smallest absolute Gasteiger partial charge is 0.252 e. The average molecular weight is 431 g/mol. The highest BCUT2D eigenvalue weighted by atomic mass is 35.5. The van der Waals surface area contributed by atoms with E-state index in [2.05, 4.69) is 5.32 Å². The first-order chi connectivity index (χ1) is 12.7. The van der Waals surface area contributed by atoms with Gasteiger partial charge in [0.15, 0.2) is 0 Å². The van der Waals surface area contributed by atoms with E-state index in [1.165, 1.54) is 22.5 Å². The highest BCUT2D eigenvalue weighted by molar-refractivity contribution is 7.91. The molecule has 0 radical (unpaired) electrons. The molecule has 0 bridgehead atoms. The van der Waals surface area contributed by atoms with Gasteiger partial charge in [0.25, 0.3) is 10.0 Å². The van der Waals surface area contributed by atoms with Gasteiger partial charge in [-0.1, -0.05) is 23.7 Å². The Morgan fingerprint density at radius 3 is 2.81 bits per heavy atom. The van der Waals surface area contributed by atoms with Crippen molar-refractivity contribution in [3.05, 3.63) is 52.1 Å². The van der Waals surface area contributed by atoms with Gasteiger partial charge in [-0.3, -0.25) is 4.79 Å². The third-order valence-corrected chi connectivity index (χ3v) is 8.24.